The summed E-state index contributed by atoms with van der Waals surface area (Å²) < 4.78 is 36.2. The lowest BCUT2D eigenvalue weighted by molar-refractivity contribution is -0.286. The Hall–Kier alpha value is -2.29. The van der Waals surface area contributed by atoms with Crippen LogP contribution in [0.15, 0.2) is 36.5 Å². The predicted octanol–water partition coefficient (Wildman–Crippen LogP) is 3.08. The molecule has 0 radical (unpaired) electrons. The number of ether oxygens (including phenoxy) is 2. The van der Waals surface area contributed by atoms with E-state index in [1.807, 2.05) is 13.1 Å². The summed E-state index contributed by atoms with van der Waals surface area (Å²) in [5, 5.41) is 16.5. The lowest BCUT2D eigenvalue weighted by Crippen LogP contribution is -2.46. The van der Waals surface area contributed by atoms with Crippen molar-refractivity contribution in [2.75, 3.05) is 20.2 Å². The SMILES string of the molecule is CNCC[C@]1(CO)CC[C@H](c2cc(-c3cccc4c3OC(F)(F)O4)ccn2)N1.[HH]. The van der Waals surface area contributed by atoms with Crippen LogP contribution in [0, 0.1) is 0 Å². The van der Waals surface area contributed by atoms with E-state index in [0.29, 0.717) is 5.56 Å². The first-order valence-corrected chi connectivity index (χ1v) is 9.34. The van der Waals surface area contributed by atoms with Crippen molar-refractivity contribution in [3.63, 3.8) is 0 Å². The Labute approximate surface area is 163 Å². The van der Waals surface area contributed by atoms with Crippen LogP contribution in [-0.4, -0.2) is 42.1 Å². The second-order valence-electron chi connectivity index (χ2n) is 7.30. The highest BCUT2D eigenvalue weighted by Gasteiger charge is 2.44. The zero-order valence-corrected chi connectivity index (χ0v) is 15.5. The Morgan fingerprint density at radius 3 is 3.00 bits per heavy atom. The Balaban J connectivity index is 0.00000240. The zero-order chi connectivity index (χ0) is 19.8. The van der Waals surface area contributed by atoms with Gasteiger partial charge in [-0.3, -0.25) is 4.98 Å². The summed E-state index contributed by atoms with van der Waals surface area (Å²) in [6.07, 6.45) is 0.487. The minimum Gasteiger partial charge on any atom is -0.395 e. The maximum Gasteiger partial charge on any atom is 0.586 e. The fourth-order valence-electron chi connectivity index (χ4n) is 3.92. The third-order valence-electron chi connectivity index (χ3n) is 5.43. The van der Waals surface area contributed by atoms with Gasteiger partial charge in [-0.05, 0) is 56.6 Å². The highest BCUT2D eigenvalue weighted by Crippen LogP contribution is 2.47. The van der Waals surface area contributed by atoms with Gasteiger partial charge in [0.15, 0.2) is 11.5 Å². The van der Waals surface area contributed by atoms with E-state index in [4.69, 9.17) is 4.74 Å². The predicted molar refractivity (Wildman–Crippen MR) is 101 cm³/mol. The van der Waals surface area contributed by atoms with Gasteiger partial charge in [-0.2, -0.15) is 0 Å². The van der Waals surface area contributed by atoms with Gasteiger partial charge in [-0.15, -0.1) is 8.78 Å². The standard InChI is InChI=1S/C20H23F2N3O3.H2/c1-23-10-8-19(12-26)7-5-15(25-19)16-11-13(6-9-24-16)14-3-2-4-17-18(14)28-20(21,22)27-17;/h2-4,6,9,11,15,23,25-26H,5,7-8,10,12H2,1H3;1H/t15-,19+;/m1./s1. The van der Waals surface area contributed by atoms with E-state index in [2.05, 4.69) is 20.4 Å². The number of rotatable bonds is 6. The number of aliphatic hydroxyl groups is 1. The Kier molecular flexibility index (Phi) is 4.95. The molecule has 1 aromatic carbocycles. The summed E-state index contributed by atoms with van der Waals surface area (Å²) in [6, 6.07) is 8.45. The number of nitrogens with one attached hydrogen (secondary N) is 2. The Morgan fingerprint density at radius 2 is 2.21 bits per heavy atom. The fourth-order valence-corrected chi connectivity index (χ4v) is 3.92. The van der Waals surface area contributed by atoms with Crippen molar-refractivity contribution in [1.82, 2.24) is 15.6 Å². The first kappa shape index (κ1) is 19.0. The van der Waals surface area contributed by atoms with Gasteiger partial charge in [0.2, 0.25) is 0 Å². The molecule has 1 fully saturated rings. The molecule has 3 N–H and O–H groups in total. The number of nitrogens with zero attached hydrogens (tertiary/aromatic N) is 1. The average Bonchev–Trinajstić information content (AvgIpc) is 3.26. The summed E-state index contributed by atoms with van der Waals surface area (Å²) in [7, 11) is 1.89. The second kappa shape index (κ2) is 7.27. The molecule has 6 nitrogen and oxygen atoms in total. The minimum atomic E-state index is -3.66. The summed E-state index contributed by atoms with van der Waals surface area (Å²) in [4.78, 5) is 4.47. The molecule has 2 aliphatic rings. The van der Waals surface area contributed by atoms with Gasteiger partial charge in [-0.1, -0.05) is 12.1 Å². The topological polar surface area (TPSA) is 75.6 Å². The van der Waals surface area contributed by atoms with Crippen LogP contribution in [0.3, 0.4) is 0 Å². The lowest BCUT2D eigenvalue weighted by Gasteiger charge is -2.28. The van der Waals surface area contributed by atoms with Crippen LogP contribution in [0.1, 0.15) is 32.4 Å². The van der Waals surface area contributed by atoms with Gasteiger partial charge >= 0.3 is 6.29 Å². The van der Waals surface area contributed by atoms with Gasteiger partial charge < -0.3 is 25.2 Å². The van der Waals surface area contributed by atoms with E-state index in [1.165, 1.54) is 6.07 Å². The molecule has 0 spiro atoms. The molecule has 0 saturated carbocycles. The number of alkyl halides is 2. The van der Waals surface area contributed by atoms with Gasteiger partial charge in [0.05, 0.1) is 18.3 Å². The number of halogens is 2. The molecule has 152 valence electrons. The third-order valence-corrected chi connectivity index (χ3v) is 5.43. The third kappa shape index (κ3) is 3.55. The monoisotopic (exact) mass is 393 g/mol. The van der Waals surface area contributed by atoms with Crippen LogP contribution in [0.5, 0.6) is 11.5 Å². The lowest BCUT2D eigenvalue weighted by atomic mass is 9.94. The summed E-state index contributed by atoms with van der Waals surface area (Å²) in [5.41, 5.74) is 1.72. The van der Waals surface area contributed by atoms with E-state index in [-0.39, 0.29) is 31.1 Å². The van der Waals surface area contributed by atoms with Crippen molar-refractivity contribution in [3.05, 3.63) is 42.2 Å². The summed E-state index contributed by atoms with van der Waals surface area (Å²) in [6.45, 7) is 0.854. The molecule has 3 heterocycles. The molecule has 2 aliphatic heterocycles. The fraction of sp³-hybridized carbons (Fsp3) is 0.450. The van der Waals surface area contributed by atoms with Crippen molar-refractivity contribution < 1.29 is 24.8 Å². The maximum absolute atomic E-state index is 13.5. The van der Waals surface area contributed by atoms with E-state index >= 15 is 0 Å². The van der Waals surface area contributed by atoms with E-state index in [9.17, 15) is 13.9 Å². The highest BCUT2D eigenvalue weighted by molar-refractivity contribution is 5.74. The molecule has 0 bridgehead atoms. The number of aliphatic hydroxyl groups excluding tert-OH is 1. The zero-order valence-electron chi connectivity index (χ0n) is 15.5. The molecule has 0 unspecified atom stereocenters. The first-order valence-electron chi connectivity index (χ1n) is 9.34. The Bertz CT molecular complexity index is 871. The molecule has 1 aromatic heterocycles. The molecule has 8 heteroatoms. The second-order valence-corrected chi connectivity index (χ2v) is 7.30. The van der Waals surface area contributed by atoms with E-state index in [1.54, 1.807) is 24.4 Å². The van der Waals surface area contributed by atoms with Crippen molar-refractivity contribution in [1.29, 1.82) is 0 Å². The summed E-state index contributed by atoms with van der Waals surface area (Å²) >= 11 is 0. The van der Waals surface area contributed by atoms with Gasteiger partial charge in [-0.25, -0.2) is 0 Å². The molecule has 2 aromatic rings. The van der Waals surface area contributed by atoms with Crippen molar-refractivity contribution in [3.8, 4) is 22.6 Å². The van der Waals surface area contributed by atoms with Crippen LogP contribution in [0.25, 0.3) is 11.1 Å². The maximum atomic E-state index is 13.5. The van der Waals surface area contributed by atoms with Crippen LogP contribution in [0.4, 0.5) is 8.78 Å². The number of aromatic nitrogens is 1. The number of hydrogen-bond acceptors (Lipinski definition) is 6. The van der Waals surface area contributed by atoms with E-state index < -0.39 is 6.29 Å². The first-order chi connectivity index (χ1) is 13.5. The molecule has 2 atom stereocenters. The van der Waals surface area contributed by atoms with Gasteiger partial charge in [0.25, 0.3) is 0 Å². The molecule has 4 rings (SSSR count). The van der Waals surface area contributed by atoms with Crippen molar-refractivity contribution >= 4 is 0 Å². The number of para-hydroxylation sites is 1. The van der Waals surface area contributed by atoms with Crippen LogP contribution < -0.4 is 20.1 Å². The average molecular weight is 393 g/mol. The number of fused-ring (bicyclic) bond motifs is 1. The van der Waals surface area contributed by atoms with Crippen molar-refractivity contribution in [2.45, 2.75) is 37.1 Å². The summed E-state index contributed by atoms with van der Waals surface area (Å²) in [5.74, 6) is 0.0500. The van der Waals surface area contributed by atoms with Crippen LogP contribution in [0.2, 0.25) is 0 Å². The number of benzene rings is 1. The molecule has 0 aliphatic carbocycles. The van der Waals surface area contributed by atoms with Crippen LogP contribution >= 0.6 is 0 Å². The number of pyridine rings is 1. The molecule has 0 amide bonds. The minimum absolute atomic E-state index is 0. The largest absolute Gasteiger partial charge is 0.586 e. The quantitative estimate of drug-likeness (QED) is 0.700. The van der Waals surface area contributed by atoms with Gasteiger partial charge in [0, 0.05) is 18.7 Å². The highest BCUT2D eigenvalue weighted by atomic mass is 19.3. The molecule has 28 heavy (non-hydrogen) atoms. The number of hydrogen-bond donors (Lipinski definition) is 3. The Morgan fingerprint density at radius 1 is 1.36 bits per heavy atom. The molecular weight excluding hydrogens is 368 g/mol. The van der Waals surface area contributed by atoms with Crippen LogP contribution in [-0.2, 0) is 0 Å². The normalized spacial score (nSPS) is 25.2. The van der Waals surface area contributed by atoms with Gasteiger partial charge in [0.1, 0.15) is 0 Å². The van der Waals surface area contributed by atoms with Crippen molar-refractivity contribution in [2.24, 2.45) is 0 Å². The molecular formula is C20H25F2N3O3. The van der Waals surface area contributed by atoms with E-state index in [0.717, 1.165) is 37.1 Å². The molecule has 1 saturated heterocycles. The smallest absolute Gasteiger partial charge is 0.395 e.